The van der Waals surface area contributed by atoms with Crippen molar-refractivity contribution in [3.05, 3.63) is 33.5 Å². The molecule has 0 spiro atoms. The average Bonchev–Trinajstić information content (AvgIpc) is 2.35. The fraction of sp³-hybridized carbons (Fsp3) is 0.462. The van der Waals surface area contributed by atoms with Gasteiger partial charge in [0.2, 0.25) is 0 Å². The molecule has 0 bridgehead atoms. The monoisotopic (exact) mass is 389 g/mol. The number of carbonyl (C=O) groups is 1. The number of hydrogen-bond acceptors (Lipinski definition) is 1. The summed E-state index contributed by atoms with van der Waals surface area (Å²) in [6, 6.07) is 1.36. The van der Waals surface area contributed by atoms with Crippen molar-refractivity contribution in [3.63, 3.8) is 0 Å². The van der Waals surface area contributed by atoms with Crippen molar-refractivity contribution in [2.24, 2.45) is 0 Å². The molecule has 0 atom stereocenters. The third kappa shape index (κ3) is 3.39. The molecule has 1 saturated heterocycles. The highest BCUT2D eigenvalue weighted by atomic mass is 79.9. The first kappa shape index (κ1) is 17.1. The zero-order valence-corrected chi connectivity index (χ0v) is 12.6. The third-order valence-corrected chi connectivity index (χ3v) is 3.95. The molecule has 22 heavy (non-hydrogen) atoms. The lowest BCUT2D eigenvalue weighted by Gasteiger charge is -2.32. The number of piperidine rings is 1. The van der Waals surface area contributed by atoms with E-state index >= 15 is 0 Å². The van der Waals surface area contributed by atoms with Crippen LogP contribution in [0.2, 0.25) is 0 Å². The van der Waals surface area contributed by atoms with Crippen molar-refractivity contribution in [2.75, 3.05) is 13.1 Å². The third-order valence-electron chi connectivity index (χ3n) is 3.29. The standard InChI is InChI=1S/C13H10BrF6NO/c14-8-3-2-7(13(18,19)20)10(15)9(8)11(22)21-5-1-4-12(16,17)6-21/h2-3H,1,4-6H2. The molecule has 9 heteroatoms. The highest BCUT2D eigenvalue weighted by Crippen LogP contribution is 2.36. The van der Waals surface area contributed by atoms with Gasteiger partial charge in [-0.3, -0.25) is 4.79 Å². The van der Waals surface area contributed by atoms with Crippen LogP contribution >= 0.6 is 15.9 Å². The lowest BCUT2D eigenvalue weighted by atomic mass is 10.0. The molecule has 0 aromatic heterocycles. The smallest absolute Gasteiger partial charge is 0.332 e. The molecular formula is C13H10BrF6NO. The Labute approximate surface area is 130 Å². The van der Waals surface area contributed by atoms with E-state index in [4.69, 9.17) is 0 Å². The SMILES string of the molecule is O=C(c1c(Br)ccc(C(F)(F)F)c1F)N1CCCC(F)(F)C1. The van der Waals surface area contributed by atoms with E-state index in [2.05, 4.69) is 15.9 Å². The molecule has 1 aliphatic rings. The van der Waals surface area contributed by atoms with Gasteiger partial charge in [0.15, 0.2) is 0 Å². The molecule has 1 aliphatic heterocycles. The van der Waals surface area contributed by atoms with Crippen molar-refractivity contribution < 1.29 is 31.1 Å². The molecule has 2 nitrogen and oxygen atoms in total. The van der Waals surface area contributed by atoms with Gasteiger partial charge in [0.05, 0.1) is 17.7 Å². The lowest BCUT2D eigenvalue weighted by molar-refractivity contribution is -0.140. The summed E-state index contributed by atoms with van der Waals surface area (Å²) in [7, 11) is 0. The molecular weight excluding hydrogens is 380 g/mol. The second-order valence-electron chi connectivity index (χ2n) is 4.97. The Bertz CT molecular complexity index is 601. The van der Waals surface area contributed by atoms with Crippen molar-refractivity contribution in [2.45, 2.75) is 24.9 Å². The Balaban J connectivity index is 2.42. The molecule has 0 aliphatic carbocycles. The van der Waals surface area contributed by atoms with Gasteiger partial charge >= 0.3 is 6.18 Å². The van der Waals surface area contributed by atoms with E-state index in [1.54, 1.807) is 0 Å². The second kappa shape index (κ2) is 5.75. The van der Waals surface area contributed by atoms with Gasteiger partial charge in [-0.25, -0.2) is 13.2 Å². The molecule has 1 amide bonds. The number of carbonyl (C=O) groups excluding carboxylic acids is 1. The zero-order valence-electron chi connectivity index (χ0n) is 11.0. The topological polar surface area (TPSA) is 20.3 Å². The first-order valence-electron chi connectivity index (χ1n) is 6.25. The number of rotatable bonds is 1. The van der Waals surface area contributed by atoms with E-state index in [0.29, 0.717) is 11.0 Å². The maximum atomic E-state index is 14.0. The second-order valence-corrected chi connectivity index (χ2v) is 5.82. The molecule has 2 rings (SSSR count). The van der Waals surface area contributed by atoms with E-state index in [0.717, 1.165) is 6.07 Å². The van der Waals surface area contributed by atoms with Crippen LogP contribution in [0.15, 0.2) is 16.6 Å². The first-order chi connectivity index (χ1) is 10.0. The highest BCUT2D eigenvalue weighted by molar-refractivity contribution is 9.10. The number of likely N-dealkylation sites (tertiary alicyclic amines) is 1. The summed E-state index contributed by atoms with van der Waals surface area (Å²) in [5.74, 6) is -6.07. The normalized spacial score (nSPS) is 18.4. The fourth-order valence-electron chi connectivity index (χ4n) is 2.26. The van der Waals surface area contributed by atoms with E-state index in [-0.39, 0.29) is 17.4 Å². The Kier molecular flexibility index (Phi) is 4.47. The molecule has 0 saturated carbocycles. The Hall–Kier alpha value is -1.25. The maximum absolute atomic E-state index is 14.0. The van der Waals surface area contributed by atoms with Gasteiger partial charge in [-0.1, -0.05) is 0 Å². The maximum Gasteiger partial charge on any atom is 0.419 e. The molecule has 0 unspecified atom stereocenters. The molecule has 0 N–H and O–H groups in total. The van der Waals surface area contributed by atoms with Crippen LogP contribution < -0.4 is 0 Å². The summed E-state index contributed by atoms with van der Waals surface area (Å²) in [6.45, 7) is -0.996. The number of nitrogens with zero attached hydrogens (tertiary/aromatic N) is 1. The van der Waals surface area contributed by atoms with Gasteiger partial charge in [0, 0.05) is 17.4 Å². The van der Waals surface area contributed by atoms with E-state index in [1.165, 1.54) is 0 Å². The van der Waals surface area contributed by atoms with Crippen LogP contribution in [-0.4, -0.2) is 29.8 Å². The largest absolute Gasteiger partial charge is 0.419 e. The fourth-order valence-corrected chi connectivity index (χ4v) is 2.74. The predicted molar refractivity (Wildman–Crippen MR) is 69.2 cm³/mol. The number of amides is 1. The van der Waals surface area contributed by atoms with Gasteiger partial charge in [0.1, 0.15) is 5.82 Å². The van der Waals surface area contributed by atoms with Crippen LogP contribution in [0.3, 0.4) is 0 Å². The summed E-state index contributed by atoms with van der Waals surface area (Å²) in [4.78, 5) is 12.8. The van der Waals surface area contributed by atoms with Crippen LogP contribution in [0.4, 0.5) is 26.3 Å². The van der Waals surface area contributed by atoms with E-state index in [9.17, 15) is 31.1 Å². The minimum Gasteiger partial charge on any atom is -0.332 e. The van der Waals surface area contributed by atoms with Gasteiger partial charge in [-0.15, -0.1) is 0 Å². The van der Waals surface area contributed by atoms with E-state index in [1.807, 2.05) is 0 Å². The Morgan fingerprint density at radius 2 is 1.91 bits per heavy atom. The van der Waals surface area contributed by atoms with Gasteiger partial charge in [0.25, 0.3) is 11.8 Å². The number of halogens is 7. The van der Waals surface area contributed by atoms with E-state index < -0.39 is 47.9 Å². The summed E-state index contributed by atoms with van der Waals surface area (Å²) in [5, 5.41) is 0. The van der Waals surface area contributed by atoms with Crippen LogP contribution in [-0.2, 0) is 6.18 Å². The van der Waals surface area contributed by atoms with Crippen LogP contribution in [0, 0.1) is 5.82 Å². The van der Waals surface area contributed by atoms with Crippen molar-refractivity contribution in [1.82, 2.24) is 4.90 Å². The minimum atomic E-state index is -4.98. The predicted octanol–water partition coefficient (Wildman–Crippen LogP) is 4.48. The summed E-state index contributed by atoms with van der Waals surface area (Å²) in [6.07, 6.45) is -5.40. The van der Waals surface area contributed by atoms with Crippen molar-refractivity contribution in [1.29, 1.82) is 0 Å². The summed E-state index contributed by atoms with van der Waals surface area (Å²) < 4.78 is 78.5. The molecule has 1 heterocycles. The van der Waals surface area contributed by atoms with Gasteiger partial charge in [-0.2, -0.15) is 13.2 Å². The van der Waals surface area contributed by atoms with Crippen LogP contribution in [0.1, 0.15) is 28.8 Å². The zero-order chi connectivity index (χ0) is 16.7. The average molecular weight is 390 g/mol. The van der Waals surface area contributed by atoms with Gasteiger partial charge < -0.3 is 4.90 Å². The van der Waals surface area contributed by atoms with Crippen LogP contribution in [0.5, 0.6) is 0 Å². The summed E-state index contributed by atoms with van der Waals surface area (Å²) in [5.41, 5.74) is -2.49. The molecule has 122 valence electrons. The Morgan fingerprint density at radius 3 is 2.45 bits per heavy atom. The van der Waals surface area contributed by atoms with Gasteiger partial charge in [-0.05, 0) is 34.5 Å². The highest BCUT2D eigenvalue weighted by Gasteiger charge is 2.40. The van der Waals surface area contributed by atoms with Crippen molar-refractivity contribution >= 4 is 21.8 Å². The first-order valence-corrected chi connectivity index (χ1v) is 7.04. The minimum absolute atomic E-state index is 0.00304. The number of benzene rings is 1. The summed E-state index contributed by atoms with van der Waals surface area (Å²) >= 11 is 2.80. The number of alkyl halides is 5. The molecule has 1 aromatic carbocycles. The Morgan fingerprint density at radius 1 is 1.27 bits per heavy atom. The molecule has 1 aromatic rings. The molecule has 0 radical (unpaired) electrons. The molecule has 1 fully saturated rings. The quantitative estimate of drug-likeness (QED) is 0.648. The lowest BCUT2D eigenvalue weighted by Crippen LogP contribution is -2.46. The van der Waals surface area contributed by atoms with Crippen molar-refractivity contribution in [3.8, 4) is 0 Å². The van der Waals surface area contributed by atoms with Crippen LogP contribution in [0.25, 0.3) is 0 Å². The number of hydrogen-bond donors (Lipinski definition) is 0.